The summed E-state index contributed by atoms with van der Waals surface area (Å²) in [5, 5.41) is 23.6. The van der Waals surface area contributed by atoms with Gasteiger partial charge >= 0.3 is 0 Å². The Morgan fingerprint density at radius 2 is 1.95 bits per heavy atom. The molecule has 21 heavy (non-hydrogen) atoms. The fourth-order valence-electron chi connectivity index (χ4n) is 1.87. The molecule has 0 spiro atoms. The summed E-state index contributed by atoms with van der Waals surface area (Å²) in [7, 11) is 0. The topological polar surface area (TPSA) is 108 Å². The van der Waals surface area contributed by atoms with Gasteiger partial charge in [-0.15, -0.1) is 0 Å². The maximum atomic E-state index is 11.9. The number of phenols is 1. The molecule has 0 saturated heterocycles. The number of oxime groups is 1. The molecule has 0 aromatic heterocycles. The monoisotopic (exact) mass is 285 g/mol. The van der Waals surface area contributed by atoms with Gasteiger partial charge in [0.15, 0.2) is 5.84 Å². The Labute approximate surface area is 121 Å². The van der Waals surface area contributed by atoms with Crippen molar-refractivity contribution in [3.8, 4) is 5.75 Å². The summed E-state index contributed by atoms with van der Waals surface area (Å²) in [5.74, 6) is -0.134. The lowest BCUT2D eigenvalue weighted by atomic mass is 10.1. The van der Waals surface area contributed by atoms with Gasteiger partial charge in [0.25, 0.3) is 0 Å². The smallest absolute Gasteiger partial charge is 0.228 e. The van der Waals surface area contributed by atoms with Gasteiger partial charge < -0.3 is 21.4 Å². The molecule has 2 aromatic carbocycles. The van der Waals surface area contributed by atoms with Crippen LogP contribution in [-0.2, 0) is 11.2 Å². The molecule has 5 N–H and O–H groups in total. The lowest BCUT2D eigenvalue weighted by Crippen LogP contribution is -2.16. The van der Waals surface area contributed by atoms with E-state index in [1.54, 1.807) is 42.5 Å². The zero-order chi connectivity index (χ0) is 15.2. The van der Waals surface area contributed by atoms with E-state index in [4.69, 9.17) is 10.9 Å². The number of nitrogens with zero attached hydrogens (tertiary/aromatic N) is 1. The highest BCUT2D eigenvalue weighted by molar-refractivity contribution is 5.99. The van der Waals surface area contributed by atoms with Gasteiger partial charge in [0, 0.05) is 11.3 Å². The maximum Gasteiger partial charge on any atom is 0.228 e. The Balaban J connectivity index is 2.06. The molecular weight excluding hydrogens is 270 g/mol. The number of hydrogen-bond acceptors (Lipinski definition) is 4. The molecular formula is C15H15N3O3. The summed E-state index contributed by atoms with van der Waals surface area (Å²) >= 11 is 0. The number of hydrogen-bond donors (Lipinski definition) is 4. The first-order chi connectivity index (χ1) is 10.1. The number of carbonyl (C=O) groups excluding carboxylic acids is 1. The Bertz CT molecular complexity index is 683. The molecule has 0 saturated carbocycles. The summed E-state index contributed by atoms with van der Waals surface area (Å²) in [6.45, 7) is 0. The lowest BCUT2D eigenvalue weighted by molar-refractivity contribution is -0.115. The summed E-state index contributed by atoms with van der Waals surface area (Å²) in [5.41, 5.74) is 7.25. The highest BCUT2D eigenvalue weighted by atomic mass is 16.4. The van der Waals surface area contributed by atoms with Gasteiger partial charge in [-0.1, -0.05) is 29.4 Å². The van der Waals surface area contributed by atoms with Gasteiger partial charge in [-0.3, -0.25) is 4.79 Å². The van der Waals surface area contributed by atoms with Gasteiger partial charge in [0.05, 0.1) is 6.42 Å². The van der Waals surface area contributed by atoms with Gasteiger partial charge in [0.1, 0.15) is 5.75 Å². The third-order valence-corrected chi connectivity index (χ3v) is 2.83. The van der Waals surface area contributed by atoms with Crippen molar-refractivity contribution < 1.29 is 15.1 Å². The Morgan fingerprint density at radius 3 is 2.67 bits per heavy atom. The summed E-state index contributed by atoms with van der Waals surface area (Å²) < 4.78 is 0. The molecule has 0 aliphatic rings. The lowest BCUT2D eigenvalue weighted by Gasteiger charge is -2.07. The van der Waals surface area contributed by atoms with Crippen molar-refractivity contribution in [2.24, 2.45) is 10.9 Å². The van der Waals surface area contributed by atoms with Crippen LogP contribution in [-0.4, -0.2) is 22.1 Å². The fourth-order valence-corrected chi connectivity index (χ4v) is 1.87. The van der Waals surface area contributed by atoms with E-state index in [1.807, 2.05) is 0 Å². The average Bonchev–Trinajstić information content (AvgIpc) is 2.46. The molecule has 0 heterocycles. The Morgan fingerprint density at radius 1 is 1.19 bits per heavy atom. The minimum absolute atomic E-state index is 0.0286. The van der Waals surface area contributed by atoms with Crippen LogP contribution in [0.3, 0.4) is 0 Å². The second-order valence-electron chi connectivity index (χ2n) is 4.46. The molecule has 0 fully saturated rings. The van der Waals surface area contributed by atoms with E-state index in [-0.39, 0.29) is 23.9 Å². The molecule has 0 atom stereocenters. The van der Waals surface area contributed by atoms with Gasteiger partial charge in [0.2, 0.25) is 5.91 Å². The number of amidine groups is 1. The van der Waals surface area contributed by atoms with E-state index in [1.165, 1.54) is 6.07 Å². The normalized spacial score (nSPS) is 11.1. The van der Waals surface area contributed by atoms with E-state index >= 15 is 0 Å². The van der Waals surface area contributed by atoms with Crippen molar-refractivity contribution in [2.45, 2.75) is 6.42 Å². The molecule has 108 valence electrons. The fraction of sp³-hybridized carbons (Fsp3) is 0.0667. The molecule has 0 aliphatic carbocycles. The molecule has 2 rings (SSSR count). The molecule has 1 amide bonds. The van der Waals surface area contributed by atoms with Crippen LogP contribution < -0.4 is 11.1 Å². The number of rotatable bonds is 4. The predicted molar refractivity (Wildman–Crippen MR) is 79.4 cm³/mol. The first kappa shape index (κ1) is 14.4. The van der Waals surface area contributed by atoms with Gasteiger partial charge in [-0.05, 0) is 29.8 Å². The van der Waals surface area contributed by atoms with Crippen molar-refractivity contribution >= 4 is 17.4 Å². The molecule has 0 aliphatic heterocycles. The van der Waals surface area contributed by atoms with Crippen LogP contribution in [0.15, 0.2) is 53.7 Å². The molecule has 0 radical (unpaired) electrons. The van der Waals surface area contributed by atoms with Crippen molar-refractivity contribution in [2.75, 3.05) is 5.32 Å². The van der Waals surface area contributed by atoms with E-state index < -0.39 is 0 Å². The number of carbonyl (C=O) groups is 1. The van der Waals surface area contributed by atoms with Crippen LogP contribution in [0.25, 0.3) is 0 Å². The number of nitrogens with one attached hydrogen (secondary N) is 1. The highest BCUT2D eigenvalue weighted by Gasteiger charge is 2.06. The number of benzene rings is 2. The zero-order valence-electron chi connectivity index (χ0n) is 11.2. The molecule has 6 heteroatoms. The van der Waals surface area contributed by atoms with Crippen LogP contribution >= 0.6 is 0 Å². The quantitative estimate of drug-likeness (QED) is 0.296. The van der Waals surface area contributed by atoms with E-state index in [0.29, 0.717) is 16.8 Å². The number of anilines is 1. The van der Waals surface area contributed by atoms with E-state index in [0.717, 1.165) is 0 Å². The Hall–Kier alpha value is -3.02. The van der Waals surface area contributed by atoms with Gasteiger partial charge in [-0.25, -0.2) is 0 Å². The third kappa shape index (κ3) is 3.97. The van der Waals surface area contributed by atoms with Crippen molar-refractivity contribution in [3.63, 3.8) is 0 Å². The van der Waals surface area contributed by atoms with Crippen LogP contribution in [0.2, 0.25) is 0 Å². The second-order valence-corrected chi connectivity index (χ2v) is 4.46. The number of phenolic OH excluding ortho intramolecular Hbond substituents is 1. The van der Waals surface area contributed by atoms with Gasteiger partial charge in [-0.2, -0.15) is 0 Å². The number of amides is 1. The molecule has 2 aromatic rings. The van der Waals surface area contributed by atoms with Crippen molar-refractivity contribution in [3.05, 3.63) is 59.7 Å². The van der Waals surface area contributed by atoms with Crippen LogP contribution in [0.4, 0.5) is 5.69 Å². The summed E-state index contributed by atoms with van der Waals surface area (Å²) in [6.07, 6.45) is 0.141. The highest BCUT2D eigenvalue weighted by Crippen LogP contribution is 2.14. The summed E-state index contributed by atoms with van der Waals surface area (Å²) in [4.78, 5) is 11.9. The molecule has 0 bridgehead atoms. The minimum Gasteiger partial charge on any atom is -0.508 e. The second kappa shape index (κ2) is 6.42. The van der Waals surface area contributed by atoms with Crippen molar-refractivity contribution in [1.82, 2.24) is 0 Å². The third-order valence-electron chi connectivity index (χ3n) is 2.83. The Kier molecular flexibility index (Phi) is 4.40. The number of nitrogens with two attached hydrogens (primary N) is 1. The standard InChI is InChI=1S/C15H15N3O3/c16-15(18-21)11-4-2-5-12(9-11)17-14(20)8-10-3-1-6-13(19)7-10/h1-7,9,19,21H,8H2,(H2,16,18)(H,17,20). The average molecular weight is 285 g/mol. The van der Waals surface area contributed by atoms with Crippen LogP contribution in [0.1, 0.15) is 11.1 Å². The zero-order valence-corrected chi connectivity index (χ0v) is 11.2. The minimum atomic E-state index is -0.225. The molecule has 6 nitrogen and oxygen atoms in total. The first-order valence-corrected chi connectivity index (χ1v) is 6.24. The van der Waals surface area contributed by atoms with Crippen LogP contribution in [0, 0.1) is 0 Å². The summed E-state index contributed by atoms with van der Waals surface area (Å²) in [6, 6.07) is 13.2. The first-order valence-electron chi connectivity index (χ1n) is 6.24. The SMILES string of the molecule is NC(=NO)c1cccc(NC(=O)Cc2cccc(O)c2)c1. The largest absolute Gasteiger partial charge is 0.508 e. The molecule has 0 unspecified atom stereocenters. The number of aromatic hydroxyl groups is 1. The van der Waals surface area contributed by atoms with Crippen molar-refractivity contribution in [1.29, 1.82) is 0 Å². The maximum absolute atomic E-state index is 11.9. The van der Waals surface area contributed by atoms with E-state index in [9.17, 15) is 9.90 Å². The van der Waals surface area contributed by atoms with E-state index in [2.05, 4.69) is 10.5 Å². The predicted octanol–water partition coefficient (Wildman–Crippen LogP) is 1.67. The van der Waals surface area contributed by atoms with Crippen LogP contribution in [0.5, 0.6) is 5.75 Å².